The van der Waals surface area contributed by atoms with E-state index in [4.69, 9.17) is 11.5 Å². The molecule has 0 radical (unpaired) electrons. The van der Waals surface area contributed by atoms with Gasteiger partial charge in [-0.1, -0.05) is 12.7 Å². The summed E-state index contributed by atoms with van der Waals surface area (Å²) in [5, 5.41) is 4.57. The lowest BCUT2D eigenvalue weighted by Gasteiger charge is -2.33. The van der Waals surface area contributed by atoms with Crippen LogP contribution in [0.2, 0.25) is 0 Å². The summed E-state index contributed by atoms with van der Waals surface area (Å²) in [6, 6.07) is 0.257. The molecule has 106 valence electrons. The van der Waals surface area contributed by atoms with E-state index in [1.807, 2.05) is 0 Å². The van der Waals surface area contributed by atoms with Gasteiger partial charge in [0, 0.05) is 17.8 Å². The second kappa shape index (κ2) is 6.08. The van der Waals surface area contributed by atoms with Crippen molar-refractivity contribution in [1.82, 2.24) is 15.8 Å². The van der Waals surface area contributed by atoms with Gasteiger partial charge < -0.3 is 16.8 Å². The van der Waals surface area contributed by atoms with E-state index in [2.05, 4.69) is 17.3 Å². The molecule has 1 fully saturated rings. The second-order valence-corrected chi connectivity index (χ2v) is 5.25. The Balaban J connectivity index is 1.88. The van der Waals surface area contributed by atoms with Crippen LogP contribution in [0.15, 0.2) is 23.9 Å². The molecule has 0 aromatic carbocycles. The first-order chi connectivity index (χ1) is 9.10. The van der Waals surface area contributed by atoms with Crippen molar-refractivity contribution in [3.05, 3.63) is 23.9 Å². The highest BCUT2D eigenvalue weighted by Crippen LogP contribution is 2.17. The van der Waals surface area contributed by atoms with E-state index >= 15 is 0 Å². The predicted molar refractivity (Wildman–Crippen MR) is 74.9 cm³/mol. The van der Waals surface area contributed by atoms with Crippen molar-refractivity contribution in [2.45, 2.75) is 37.8 Å². The minimum Gasteiger partial charge on any atom is -0.401 e. The van der Waals surface area contributed by atoms with Crippen molar-refractivity contribution in [3.8, 4) is 0 Å². The topological polar surface area (TPSA) is 96.4 Å². The summed E-state index contributed by atoms with van der Waals surface area (Å²) >= 11 is 0. The number of carbonyl (C=O) groups excluding carboxylic acids is 1. The van der Waals surface area contributed by atoms with Gasteiger partial charge in [0.1, 0.15) is 0 Å². The molecule has 0 saturated heterocycles. The van der Waals surface area contributed by atoms with Gasteiger partial charge >= 0.3 is 6.03 Å². The Bertz CT molecular complexity index is 392. The van der Waals surface area contributed by atoms with Crippen molar-refractivity contribution in [2.24, 2.45) is 11.5 Å². The van der Waals surface area contributed by atoms with E-state index in [9.17, 15) is 4.79 Å². The molecular weight excluding hydrogens is 242 g/mol. The van der Waals surface area contributed by atoms with E-state index < -0.39 is 0 Å². The first-order valence-electron chi connectivity index (χ1n) is 6.77. The van der Waals surface area contributed by atoms with Crippen molar-refractivity contribution in [2.75, 3.05) is 13.1 Å². The molecule has 1 aliphatic heterocycles. The van der Waals surface area contributed by atoms with Gasteiger partial charge in [-0.3, -0.25) is 5.01 Å². The number of nitrogens with one attached hydrogen (secondary N) is 2. The molecule has 2 unspecified atom stereocenters. The predicted octanol–water partition coefficient (Wildman–Crippen LogP) is 0.185. The van der Waals surface area contributed by atoms with Crippen LogP contribution >= 0.6 is 0 Å². The molecule has 2 rings (SSSR count). The Morgan fingerprint density at radius 2 is 2.32 bits per heavy atom. The maximum Gasteiger partial charge on any atom is 0.332 e. The van der Waals surface area contributed by atoms with Crippen LogP contribution in [-0.4, -0.2) is 36.2 Å². The van der Waals surface area contributed by atoms with Gasteiger partial charge in [-0.2, -0.15) is 0 Å². The van der Waals surface area contributed by atoms with Gasteiger partial charge in [0.05, 0.1) is 13.1 Å². The van der Waals surface area contributed by atoms with Gasteiger partial charge in [-0.05, 0) is 31.3 Å². The fraction of sp³-hybridized carbons (Fsp3) is 0.615. The van der Waals surface area contributed by atoms with Crippen LogP contribution in [0, 0.1) is 0 Å². The molecular formula is C13H23N5O. The Morgan fingerprint density at radius 3 is 3.00 bits per heavy atom. The number of carbonyl (C=O) groups is 1. The number of hydrogen-bond donors (Lipinski definition) is 4. The highest BCUT2D eigenvalue weighted by atomic mass is 16.2. The third-order valence-corrected chi connectivity index (χ3v) is 3.74. The number of rotatable bonds is 2. The number of urea groups is 1. The molecule has 0 bridgehead atoms. The van der Waals surface area contributed by atoms with E-state index in [0.717, 1.165) is 37.0 Å². The Hall–Kier alpha value is -1.53. The zero-order valence-corrected chi connectivity index (χ0v) is 11.2. The first kappa shape index (κ1) is 13.9. The van der Waals surface area contributed by atoms with Crippen LogP contribution in [0.3, 0.4) is 0 Å². The van der Waals surface area contributed by atoms with E-state index in [0.29, 0.717) is 13.1 Å². The molecule has 2 aliphatic rings. The van der Waals surface area contributed by atoms with Gasteiger partial charge in [0.15, 0.2) is 0 Å². The fourth-order valence-electron chi connectivity index (χ4n) is 2.57. The number of hydrazine groups is 1. The lowest BCUT2D eigenvalue weighted by Crippen LogP contribution is -2.55. The van der Waals surface area contributed by atoms with Crippen LogP contribution < -0.4 is 22.2 Å². The minimum atomic E-state index is -0.119. The second-order valence-electron chi connectivity index (χ2n) is 5.25. The number of amides is 2. The lowest BCUT2D eigenvalue weighted by atomic mass is 9.92. The van der Waals surface area contributed by atoms with E-state index in [1.54, 1.807) is 11.1 Å². The summed E-state index contributed by atoms with van der Waals surface area (Å²) < 4.78 is 0. The summed E-state index contributed by atoms with van der Waals surface area (Å²) in [7, 11) is 0. The van der Waals surface area contributed by atoms with Gasteiger partial charge in [-0.25, -0.2) is 10.2 Å². The zero-order chi connectivity index (χ0) is 13.8. The minimum absolute atomic E-state index is 0.119. The average Bonchev–Trinajstić information content (AvgIpc) is 2.39. The van der Waals surface area contributed by atoms with E-state index in [-0.39, 0.29) is 18.1 Å². The Labute approximate surface area is 113 Å². The third kappa shape index (κ3) is 3.48. The third-order valence-electron chi connectivity index (χ3n) is 3.74. The average molecular weight is 265 g/mol. The molecule has 1 aliphatic carbocycles. The SMILES string of the molecule is C=CC1=C(N)CNN(C(=O)NC2CCCC(N)C2)C1. The molecule has 0 aromatic rings. The van der Waals surface area contributed by atoms with Crippen LogP contribution in [0.25, 0.3) is 0 Å². The summed E-state index contributed by atoms with van der Waals surface area (Å²) in [5.74, 6) is 0. The summed E-state index contributed by atoms with van der Waals surface area (Å²) in [6.45, 7) is 4.63. The van der Waals surface area contributed by atoms with Crippen molar-refractivity contribution in [3.63, 3.8) is 0 Å². The van der Waals surface area contributed by atoms with Crippen LogP contribution in [0.5, 0.6) is 0 Å². The van der Waals surface area contributed by atoms with Crippen LogP contribution in [0.4, 0.5) is 4.79 Å². The molecule has 6 N–H and O–H groups in total. The van der Waals surface area contributed by atoms with Crippen molar-refractivity contribution < 1.29 is 4.79 Å². The molecule has 2 atom stereocenters. The molecule has 2 amide bonds. The number of nitrogens with zero attached hydrogens (tertiary/aromatic N) is 1. The standard InChI is InChI=1S/C13H23N5O/c1-2-9-8-18(16-7-12(9)15)13(19)17-11-5-3-4-10(14)6-11/h2,10-11,16H,1,3-8,14-15H2,(H,17,19). The lowest BCUT2D eigenvalue weighted by molar-refractivity contribution is 0.167. The molecule has 6 nitrogen and oxygen atoms in total. The summed E-state index contributed by atoms with van der Waals surface area (Å²) in [6.07, 6.45) is 5.68. The summed E-state index contributed by atoms with van der Waals surface area (Å²) in [4.78, 5) is 12.2. The maximum atomic E-state index is 12.2. The highest BCUT2D eigenvalue weighted by Gasteiger charge is 2.25. The summed E-state index contributed by atoms with van der Waals surface area (Å²) in [5.41, 5.74) is 16.4. The van der Waals surface area contributed by atoms with Crippen LogP contribution in [-0.2, 0) is 0 Å². The highest BCUT2D eigenvalue weighted by molar-refractivity contribution is 5.74. The van der Waals surface area contributed by atoms with Crippen molar-refractivity contribution >= 4 is 6.03 Å². The largest absolute Gasteiger partial charge is 0.401 e. The van der Waals surface area contributed by atoms with Crippen molar-refractivity contribution in [1.29, 1.82) is 0 Å². The molecule has 19 heavy (non-hydrogen) atoms. The number of hydrogen-bond acceptors (Lipinski definition) is 4. The Kier molecular flexibility index (Phi) is 4.44. The maximum absolute atomic E-state index is 12.2. The fourth-order valence-corrected chi connectivity index (χ4v) is 2.57. The van der Waals surface area contributed by atoms with Gasteiger partial charge in [-0.15, -0.1) is 0 Å². The normalized spacial score (nSPS) is 28.2. The molecule has 1 heterocycles. The monoisotopic (exact) mass is 265 g/mol. The van der Waals surface area contributed by atoms with Gasteiger partial charge in [0.25, 0.3) is 0 Å². The smallest absolute Gasteiger partial charge is 0.332 e. The number of nitrogens with two attached hydrogens (primary N) is 2. The quantitative estimate of drug-likeness (QED) is 0.573. The van der Waals surface area contributed by atoms with Crippen LogP contribution in [0.1, 0.15) is 25.7 Å². The molecule has 1 saturated carbocycles. The van der Waals surface area contributed by atoms with Gasteiger partial charge in [0.2, 0.25) is 0 Å². The zero-order valence-electron chi connectivity index (χ0n) is 11.2. The van der Waals surface area contributed by atoms with E-state index in [1.165, 1.54) is 0 Å². The Morgan fingerprint density at radius 1 is 1.53 bits per heavy atom. The molecule has 0 spiro atoms. The first-order valence-corrected chi connectivity index (χ1v) is 6.77. The molecule has 6 heteroatoms. The molecule has 0 aromatic heterocycles.